The molecule has 7 nitrogen and oxygen atoms in total. The molecule has 2 aromatic rings. The highest BCUT2D eigenvalue weighted by Crippen LogP contribution is 2.24. The number of rotatable bonds is 4. The van der Waals surface area contributed by atoms with Gasteiger partial charge in [-0.15, -0.1) is 0 Å². The van der Waals surface area contributed by atoms with Gasteiger partial charge in [-0.25, -0.2) is 9.67 Å². The molecule has 1 aliphatic rings. The molecular formula is C18H24N4O3. The zero-order chi connectivity index (χ0) is 18.0. The molecule has 3 rings (SSSR count). The molecule has 0 radical (unpaired) electrons. The van der Waals surface area contributed by atoms with Gasteiger partial charge in [-0.2, -0.15) is 5.10 Å². The van der Waals surface area contributed by atoms with Crippen LogP contribution in [0.1, 0.15) is 29.8 Å². The first kappa shape index (κ1) is 17.6. The summed E-state index contributed by atoms with van der Waals surface area (Å²) in [6.45, 7) is 7.50. The van der Waals surface area contributed by atoms with Crippen LogP contribution >= 0.6 is 0 Å². The highest BCUT2D eigenvalue weighted by atomic mass is 16.5. The van der Waals surface area contributed by atoms with Crippen molar-refractivity contribution in [3.8, 4) is 5.69 Å². The molecule has 1 amide bonds. The van der Waals surface area contributed by atoms with Crippen molar-refractivity contribution in [3.05, 3.63) is 42.0 Å². The number of aryl methyl sites for hydroxylation is 1. The number of hydrogen-bond acceptors (Lipinski definition) is 5. The van der Waals surface area contributed by atoms with Crippen LogP contribution in [0.15, 0.2) is 30.9 Å². The Kier molecular flexibility index (Phi) is 4.87. The van der Waals surface area contributed by atoms with Gasteiger partial charge in [0.15, 0.2) is 0 Å². The second kappa shape index (κ2) is 6.93. The Bertz CT molecular complexity index is 743. The van der Waals surface area contributed by atoms with Crippen LogP contribution in [0.4, 0.5) is 0 Å². The lowest BCUT2D eigenvalue weighted by molar-refractivity contribution is -0.143. The Hall–Kier alpha value is -2.25. The molecule has 0 bridgehead atoms. The summed E-state index contributed by atoms with van der Waals surface area (Å²) in [4.78, 5) is 18.8. The third-order valence-electron chi connectivity index (χ3n) is 4.23. The van der Waals surface area contributed by atoms with E-state index in [4.69, 9.17) is 9.47 Å². The molecule has 0 aliphatic carbocycles. The zero-order valence-electron chi connectivity index (χ0n) is 15.1. The van der Waals surface area contributed by atoms with Crippen molar-refractivity contribution < 1.29 is 14.3 Å². The predicted octanol–water partition coefficient (Wildman–Crippen LogP) is 1.84. The second-order valence-electron chi connectivity index (χ2n) is 6.98. The van der Waals surface area contributed by atoms with Crippen molar-refractivity contribution in [3.63, 3.8) is 0 Å². The van der Waals surface area contributed by atoms with E-state index in [2.05, 4.69) is 10.1 Å². The van der Waals surface area contributed by atoms with Gasteiger partial charge in [0.2, 0.25) is 0 Å². The maximum Gasteiger partial charge on any atom is 0.254 e. The van der Waals surface area contributed by atoms with Gasteiger partial charge in [0.05, 0.1) is 24.0 Å². The minimum Gasteiger partial charge on any atom is -0.382 e. The molecule has 2 heterocycles. The number of morpholine rings is 1. The average molecular weight is 344 g/mol. The van der Waals surface area contributed by atoms with Crippen molar-refractivity contribution in [1.82, 2.24) is 19.7 Å². The third-order valence-corrected chi connectivity index (χ3v) is 4.23. The van der Waals surface area contributed by atoms with Gasteiger partial charge in [0.25, 0.3) is 5.91 Å². The van der Waals surface area contributed by atoms with Crippen molar-refractivity contribution >= 4 is 5.91 Å². The first-order valence-corrected chi connectivity index (χ1v) is 8.31. The summed E-state index contributed by atoms with van der Waals surface area (Å²) in [5.74, 6) is 0.00529. The lowest BCUT2D eigenvalue weighted by Crippen LogP contribution is -2.55. The summed E-state index contributed by atoms with van der Waals surface area (Å²) < 4.78 is 12.9. The highest BCUT2D eigenvalue weighted by Gasteiger charge is 2.35. The number of ether oxygens (including phenoxy) is 2. The van der Waals surface area contributed by atoms with E-state index in [1.807, 2.05) is 43.9 Å². The predicted molar refractivity (Wildman–Crippen MR) is 92.8 cm³/mol. The van der Waals surface area contributed by atoms with Crippen molar-refractivity contribution in [2.75, 3.05) is 26.8 Å². The fourth-order valence-corrected chi connectivity index (χ4v) is 3.28. The number of aromatic nitrogens is 3. The van der Waals surface area contributed by atoms with Gasteiger partial charge < -0.3 is 14.4 Å². The molecule has 7 heteroatoms. The maximum atomic E-state index is 13.0. The molecule has 1 aromatic heterocycles. The summed E-state index contributed by atoms with van der Waals surface area (Å²) in [5, 5.41) is 4.14. The van der Waals surface area contributed by atoms with Crippen LogP contribution in [-0.4, -0.2) is 64.1 Å². The number of nitrogens with zero attached hydrogens (tertiary/aromatic N) is 4. The van der Waals surface area contributed by atoms with Gasteiger partial charge >= 0.3 is 0 Å². The quantitative estimate of drug-likeness (QED) is 0.846. The molecular weight excluding hydrogens is 320 g/mol. The minimum absolute atomic E-state index is 0.00529. The molecule has 1 aliphatic heterocycles. The number of carbonyl (C=O) groups is 1. The monoisotopic (exact) mass is 344 g/mol. The largest absolute Gasteiger partial charge is 0.382 e. The average Bonchev–Trinajstić information content (AvgIpc) is 3.07. The van der Waals surface area contributed by atoms with Crippen LogP contribution in [0.25, 0.3) is 5.69 Å². The standard InChI is InChI=1S/C18H24N4O3/c1-13-7-14(5-6-16(13)22-12-19-11-20-22)17(23)21-8-15(9-24-4)25-18(2,3)10-21/h5-7,11-12,15H,8-10H2,1-4H3. The number of carbonyl (C=O) groups excluding carboxylic acids is 1. The van der Waals surface area contributed by atoms with Crippen LogP contribution in [0, 0.1) is 6.92 Å². The Labute approximate surface area is 147 Å². The lowest BCUT2D eigenvalue weighted by Gasteiger charge is -2.42. The molecule has 1 saturated heterocycles. The molecule has 0 saturated carbocycles. The third kappa shape index (κ3) is 3.88. The van der Waals surface area contributed by atoms with Gasteiger partial charge in [-0.05, 0) is 44.5 Å². The molecule has 0 spiro atoms. The van der Waals surface area contributed by atoms with E-state index in [0.29, 0.717) is 25.3 Å². The SMILES string of the molecule is COCC1CN(C(=O)c2ccc(-n3cncn3)c(C)c2)CC(C)(C)O1. The van der Waals surface area contributed by atoms with Crippen LogP contribution < -0.4 is 0 Å². The van der Waals surface area contributed by atoms with Crippen molar-refractivity contribution in [2.24, 2.45) is 0 Å². The number of benzene rings is 1. The smallest absolute Gasteiger partial charge is 0.254 e. The molecule has 1 atom stereocenters. The Balaban J connectivity index is 1.81. The van der Waals surface area contributed by atoms with Gasteiger partial charge in [-0.3, -0.25) is 4.79 Å². The van der Waals surface area contributed by atoms with E-state index in [0.717, 1.165) is 11.3 Å². The summed E-state index contributed by atoms with van der Waals surface area (Å²) >= 11 is 0. The van der Waals surface area contributed by atoms with Crippen molar-refractivity contribution in [2.45, 2.75) is 32.5 Å². The van der Waals surface area contributed by atoms with Crippen LogP contribution in [0.3, 0.4) is 0 Å². The van der Waals surface area contributed by atoms with Crippen LogP contribution in [0.5, 0.6) is 0 Å². The minimum atomic E-state index is -0.396. The van der Waals surface area contributed by atoms with Gasteiger partial charge in [-0.1, -0.05) is 0 Å². The summed E-state index contributed by atoms with van der Waals surface area (Å²) in [5.41, 5.74) is 2.15. The Morgan fingerprint density at radius 1 is 1.44 bits per heavy atom. The van der Waals surface area contributed by atoms with E-state index in [9.17, 15) is 4.79 Å². The zero-order valence-corrected chi connectivity index (χ0v) is 15.1. The summed E-state index contributed by atoms with van der Waals surface area (Å²) in [6, 6.07) is 5.63. The Morgan fingerprint density at radius 2 is 2.24 bits per heavy atom. The molecule has 0 N–H and O–H groups in total. The fourth-order valence-electron chi connectivity index (χ4n) is 3.28. The lowest BCUT2D eigenvalue weighted by atomic mass is 10.0. The van der Waals surface area contributed by atoms with E-state index in [-0.39, 0.29) is 12.0 Å². The molecule has 1 fully saturated rings. The van der Waals surface area contributed by atoms with E-state index in [1.54, 1.807) is 18.1 Å². The summed E-state index contributed by atoms with van der Waals surface area (Å²) in [6.07, 6.45) is 3.02. The highest BCUT2D eigenvalue weighted by molar-refractivity contribution is 5.94. The Morgan fingerprint density at radius 3 is 2.88 bits per heavy atom. The molecule has 1 aromatic carbocycles. The van der Waals surface area contributed by atoms with E-state index < -0.39 is 5.60 Å². The topological polar surface area (TPSA) is 69.5 Å². The number of hydrogen-bond donors (Lipinski definition) is 0. The normalized spacial score (nSPS) is 19.8. The molecule has 1 unspecified atom stereocenters. The van der Waals surface area contributed by atoms with Crippen LogP contribution in [-0.2, 0) is 9.47 Å². The first-order chi connectivity index (χ1) is 11.9. The number of methoxy groups -OCH3 is 1. The first-order valence-electron chi connectivity index (χ1n) is 8.31. The second-order valence-corrected chi connectivity index (χ2v) is 6.98. The van der Waals surface area contributed by atoms with Crippen molar-refractivity contribution in [1.29, 1.82) is 0 Å². The van der Waals surface area contributed by atoms with E-state index in [1.165, 1.54) is 6.33 Å². The van der Waals surface area contributed by atoms with Gasteiger partial charge in [0, 0.05) is 25.8 Å². The van der Waals surface area contributed by atoms with E-state index >= 15 is 0 Å². The maximum absolute atomic E-state index is 13.0. The van der Waals surface area contributed by atoms with Gasteiger partial charge in [0.1, 0.15) is 12.7 Å². The molecule has 25 heavy (non-hydrogen) atoms. The summed E-state index contributed by atoms with van der Waals surface area (Å²) in [7, 11) is 1.64. The number of amides is 1. The van der Waals surface area contributed by atoms with Crippen LogP contribution in [0.2, 0.25) is 0 Å². The molecule has 134 valence electrons. The fraction of sp³-hybridized carbons (Fsp3) is 0.500.